The monoisotopic (exact) mass is 218 g/mol. The van der Waals surface area contributed by atoms with Gasteiger partial charge in [-0.15, -0.1) is 12.6 Å². The summed E-state index contributed by atoms with van der Waals surface area (Å²) in [6.45, 7) is 4.32. The van der Waals surface area contributed by atoms with Crippen LogP contribution in [-0.4, -0.2) is 23.6 Å². The van der Waals surface area contributed by atoms with Gasteiger partial charge in [-0.05, 0) is 12.3 Å². The van der Waals surface area contributed by atoms with Crippen molar-refractivity contribution in [2.45, 2.75) is 32.7 Å². The van der Waals surface area contributed by atoms with Crippen LogP contribution in [0.25, 0.3) is 0 Å². The zero-order valence-electron chi connectivity index (χ0n) is 8.62. The van der Waals surface area contributed by atoms with Crippen LogP contribution in [0.3, 0.4) is 0 Å². The number of hydrogen-bond acceptors (Lipinski definition) is 3. The van der Waals surface area contributed by atoms with Gasteiger partial charge in [0.2, 0.25) is 5.91 Å². The number of hydrogen-bond donors (Lipinski definition) is 3. The molecule has 4 nitrogen and oxygen atoms in total. The van der Waals surface area contributed by atoms with Crippen molar-refractivity contribution in [3.63, 3.8) is 0 Å². The Morgan fingerprint density at radius 1 is 1.43 bits per heavy atom. The number of thiol groups is 1. The van der Waals surface area contributed by atoms with Crippen molar-refractivity contribution in [2.24, 2.45) is 11.7 Å². The fourth-order valence-corrected chi connectivity index (χ4v) is 1.15. The zero-order chi connectivity index (χ0) is 11.1. The van der Waals surface area contributed by atoms with E-state index >= 15 is 0 Å². The molecule has 14 heavy (non-hydrogen) atoms. The van der Waals surface area contributed by atoms with Crippen LogP contribution in [-0.2, 0) is 9.59 Å². The maximum Gasteiger partial charge on any atom is 0.236 e. The predicted molar refractivity (Wildman–Crippen MR) is 59.1 cm³/mol. The molecule has 1 amide bonds. The molecule has 0 aliphatic rings. The van der Waals surface area contributed by atoms with E-state index in [0.717, 1.165) is 0 Å². The molecule has 0 aromatic heterocycles. The smallest absolute Gasteiger partial charge is 0.236 e. The van der Waals surface area contributed by atoms with E-state index in [1.165, 1.54) is 0 Å². The van der Waals surface area contributed by atoms with E-state index in [9.17, 15) is 9.59 Å². The van der Waals surface area contributed by atoms with Crippen LogP contribution in [0.1, 0.15) is 26.7 Å². The number of carbonyl (C=O) groups is 2. The summed E-state index contributed by atoms with van der Waals surface area (Å²) in [6, 6.07) is -0.481. The van der Waals surface area contributed by atoms with Gasteiger partial charge in [-0.25, -0.2) is 0 Å². The molecule has 0 aliphatic carbocycles. The Labute approximate surface area is 90.0 Å². The Balaban J connectivity index is 3.67. The summed E-state index contributed by atoms with van der Waals surface area (Å²) in [4.78, 5) is 21.7. The molecule has 0 spiro atoms. The van der Waals surface area contributed by atoms with Crippen LogP contribution in [0.4, 0.5) is 0 Å². The molecule has 0 fully saturated rings. The van der Waals surface area contributed by atoms with E-state index in [1.807, 2.05) is 13.8 Å². The third-order valence-electron chi connectivity index (χ3n) is 1.70. The molecule has 5 heteroatoms. The lowest BCUT2D eigenvalue weighted by Gasteiger charge is -2.13. The van der Waals surface area contributed by atoms with E-state index in [1.54, 1.807) is 0 Å². The van der Waals surface area contributed by atoms with Crippen molar-refractivity contribution in [3.8, 4) is 0 Å². The first-order valence-electron chi connectivity index (χ1n) is 4.68. The molecule has 82 valence electrons. The number of rotatable bonds is 6. The quantitative estimate of drug-likeness (QED) is 0.562. The minimum absolute atomic E-state index is 0.201. The molecule has 1 atom stereocenters. The predicted octanol–water partition coefficient (Wildman–Crippen LogP) is 0.323. The van der Waals surface area contributed by atoms with E-state index in [2.05, 4.69) is 17.9 Å². The largest absolute Gasteiger partial charge is 0.354 e. The molecule has 0 saturated heterocycles. The average molecular weight is 218 g/mol. The minimum atomic E-state index is -0.481. The second kappa shape index (κ2) is 6.84. The van der Waals surface area contributed by atoms with Gasteiger partial charge in [0.25, 0.3) is 0 Å². The van der Waals surface area contributed by atoms with Gasteiger partial charge in [0.1, 0.15) is 0 Å². The molecule has 0 aliphatic heterocycles. The number of carbonyl (C=O) groups excluding carboxylic acids is 2. The molecule has 0 aromatic carbocycles. The third-order valence-corrected chi connectivity index (χ3v) is 1.92. The highest BCUT2D eigenvalue weighted by Gasteiger charge is 2.14. The highest BCUT2D eigenvalue weighted by molar-refractivity contribution is 7.96. The highest BCUT2D eigenvalue weighted by atomic mass is 32.1. The van der Waals surface area contributed by atoms with Crippen LogP contribution in [0.15, 0.2) is 0 Å². The summed E-state index contributed by atoms with van der Waals surface area (Å²) in [7, 11) is 0. The lowest BCUT2D eigenvalue weighted by Crippen LogP contribution is -2.41. The number of nitrogens with one attached hydrogen (secondary N) is 1. The Morgan fingerprint density at radius 2 is 2.00 bits per heavy atom. The topological polar surface area (TPSA) is 72.2 Å². The molecule has 0 aromatic rings. The van der Waals surface area contributed by atoms with Crippen molar-refractivity contribution in [2.75, 3.05) is 6.54 Å². The molecule has 0 bridgehead atoms. The summed E-state index contributed by atoms with van der Waals surface area (Å²) in [5.74, 6) is 0.190. The normalized spacial score (nSPS) is 12.6. The molecule has 0 radical (unpaired) electrons. The molecule has 0 saturated carbocycles. The molecular weight excluding hydrogens is 200 g/mol. The van der Waals surface area contributed by atoms with E-state index in [-0.39, 0.29) is 17.4 Å². The van der Waals surface area contributed by atoms with Crippen LogP contribution < -0.4 is 11.1 Å². The van der Waals surface area contributed by atoms with E-state index in [0.29, 0.717) is 18.9 Å². The fraction of sp³-hybridized carbons (Fsp3) is 0.778. The molecular formula is C9H18N2O2S. The molecule has 3 N–H and O–H groups in total. The van der Waals surface area contributed by atoms with Crippen LogP contribution in [0.2, 0.25) is 0 Å². The van der Waals surface area contributed by atoms with E-state index in [4.69, 9.17) is 5.73 Å². The average Bonchev–Trinajstić information content (AvgIpc) is 2.01. The lowest BCUT2D eigenvalue weighted by molar-refractivity contribution is -0.122. The van der Waals surface area contributed by atoms with Crippen molar-refractivity contribution >= 4 is 23.7 Å². The van der Waals surface area contributed by atoms with Crippen molar-refractivity contribution in [3.05, 3.63) is 0 Å². The molecule has 0 heterocycles. The van der Waals surface area contributed by atoms with Crippen molar-refractivity contribution < 1.29 is 9.59 Å². The van der Waals surface area contributed by atoms with Crippen molar-refractivity contribution in [1.82, 2.24) is 5.32 Å². The summed E-state index contributed by atoms with van der Waals surface area (Å²) in [6.07, 6.45) is 0.893. The Bertz CT molecular complexity index is 207. The summed E-state index contributed by atoms with van der Waals surface area (Å²) < 4.78 is 0. The molecule has 0 unspecified atom stereocenters. The first-order chi connectivity index (χ1) is 6.43. The van der Waals surface area contributed by atoms with Gasteiger partial charge in [0, 0.05) is 13.0 Å². The van der Waals surface area contributed by atoms with Crippen molar-refractivity contribution in [1.29, 1.82) is 0 Å². The maximum absolute atomic E-state index is 11.3. The number of amides is 1. The summed E-state index contributed by atoms with van der Waals surface area (Å²) in [5, 5.41) is 2.35. The Kier molecular flexibility index (Phi) is 6.57. The SMILES string of the molecule is CC(C)C[C@H](N)C(=O)NCCC(=O)S. The molecule has 0 rings (SSSR count). The van der Waals surface area contributed by atoms with Gasteiger partial charge in [-0.3, -0.25) is 9.59 Å². The highest BCUT2D eigenvalue weighted by Crippen LogP contribution is 2.02. The Morgan fingerprint density at radius 3 is 2.43 bits per heavy atom. The van der Waals surface area contributed by atoms with Gasteiger partial charge in [-0.1, -0.05) is 13.8 Å². The second-order valence-electron chi connectivity index (χ2n) is 3.67. The van der Waals surface area contributed by atoms with Crippen LogP contribution >= 0.6 is 12.6 Å². The zero-order valence-corrected chi connectivity index (χ0v) is 9.51. The lowest BCUT2D eigenvalue weighted by atomic mass is 10.0. The number of nitrogens with two attached hydrogens (primary N) is 1. The van der Waals surface area contributed by atoms with Crippen LogP contribution in [0.5, 0.6) is 0 Å². The van der Waals surface area contributed by atoms with Gasteiger partial charge in [0.05, 0.1) is 6.04 Å². The van der Waals surface area contributed by atoms with Gasteiger partial charge >= 0.3 is 0 Å². The fourth-order valence-electron chi connectivity index (χ4n) is 1.04. The van der Waals surface area contributed by atoms with E-state index < -0.39 is 6.04 Å². The third kappa shape index (κ3) is 6.91. The van der Waals surface area contributed by atoms with Crippen LogP contribution in [0, 0.1) is 5.92 Å². The Hall–Kier alpha value is -0.550. The maximum atomic E-state index is 11.3. The first kappa shape index (κ1) is 13.4. The second-order valence-corrected chi connectivity index (χ2v) is 4.17. The summed E-state index contributed by atoms with van der Waals surface area (Å²) >= 11 is 3.59. The minimum Gasteiger partial charge on any atom is -0.354 e. The van der Waals surface area contributed by atoms with Gasteiger partial charge in [0.15, 0.2) is 5.12 Å². The summed E-state index contributed by atoms with van der Waals surface area (Å²) in [5.41, 5.74) is 5.62. The standard InChI is InChI=1S/C9H18N2O2S/c1-6(2)5-7(10)9(13)11-4-3-8(12)14/h6-7H,3-5,10H2,1-2H3,(H,11,13)(H,12,14)/t7-/m0/s1. The van der Waals surface area contributed by atoms with Gasteiger partial charge in [-0.2, -0.15) is 0 Å². The first-order valence-corrected chi connectivity index (χ1v) is 5.13. The van der Waals surface area contributed by atoms with Gasteiger partial charge < -0.3 is 11.1 Å².